The molecule has 2 nitrogen and oxygen atoms in total. The molecule has 1 rings (SSSR count). The minimum absolute atomic E-state index is 0.276. The Kier molecular flexibility index (Phi) is 5.41. The predicted molar refractivity (Wildman–Crippen MR) is 75.0 cm³/mol. The second-order valence-electron chi connectivity index (χ2n) is 4.67. The Labute approximate surface area is 111 Å². The molecule has 92 valence electrons. The molecule has 0 saturated heterocycles. The lowest BCUT2D eigenvalue weighted by atomic mass is 10.2. The normalized spacial score (nSPS) is 14.1. The van der Waals surface area contributed by atoms with E-state index in [0.717, 1.165) is 22.5 Å². The van der Waals surface area contributed by atoms with Crippen LogP contribution in [0.2, 0.25) is 0 Å². The maximum Gasteiger partial charge on any atom is 0.135 e. The molecule has 4 heteroatoms. The van der Waals surface area contributed by atoms with E-state index < -0.39 is 0 Å². The van der Waals surface area contributed by atoms with Crippen molar-refractivity contribution in [3.8, 4) is 0 Å². The summed E-state index contributed by atoms with van der Waals surface area (Å²) in [6, 6.07) is 2.22. The number of thioether (sulfide) groups is 1. The van der Waals surface area contributed by atoms with Crippen LogP contribution in [0.5, 0.6) is 0 Å². The fraction of sp³-hybridized carbons (Fsp3) is 0.667. The summed E-state index contributed by atoms with van der Waals surface area (Å²) in [6.07, 6.45) is 1.73. The van der Waals surface area contributed by atoms with Gasteiger partial charge in [0.1, 0.15) is 5.76 Å². The van der Waals surface area contributed by atoms with Crippen molar-refractivity contribution in [3.05, 3.63) is 22.6 Å². The van der Waals surface area contributed by atoms with Gasteiger partial charge < -0.3 is 9.73 Å². The molecule has 0 aliphatic heterocycles. The molecule has 1 N–H and O–H groups in total. The molecule has 16 heavy (non-hydrogen) atoms. The van der Waals surface area contributed by atoms with Gasteiger partial charge in [-0.05, 0) is 28.5 Å². The smallest absolute Gasteiger partial charge is 0.135 e. The fourth-order valence-electron chi connectivity index (χ4n) is 1.36. The maximum absolute atomic E-state index is 5.52. The van der Waals surface area contributed by atoms with Crippen molar-refractivity contribution >= 4 is 27.7 Å². The molecular weight excluding hydrogens is 286 g/mol. The lowest BCUT2D eigenvalue weighted by Gasteiger charge is -2.22. The van der Waals surface area contributed by atoms with Gasteiger partial charge in [0.2, 0.25) is 0 Å². The molecule has 1 aromatic heterocycles. The van der Waals surface area contributed by atoms with Gasteiger partial charge in [0.05, 0.1) is 16.8 Å². The number of rotatable bonds is 5. The van der Waals surface area contributed by atoms with Gasteiger partial charge in [0.15, 0.2) is 0 Å². The Hall–Kier alpha value is 0.0700. The maximum atomic E-state index is 5.52. The highest BCUT2D eigenvalue weighted by Crippen LogP contribution is 2.31. The van der Waals surface area contributed by atoms with Gasteiger partial charge in [-0.1, -0.05) is 27.7 Å². The van der Waals surface area contributed by atoms with Crippen LogP contribution in [-0.2, 0) is 0 Å². The molecule has 1 aromatic rings. The van der Waals surface area contributed by atoms with E-state index in [0.29, 0.717) is 0 Å². The lowest BCUT2D eigenvalue weighted by molar-refractivity contribution is 0.438. The van der Waals surface area contributed by atoms with Crippen LogP contribution in [0.4, 0.5) is 0 Å². The van der Waals surface area contributed by atoms with Crippen LogP contribution >= 0.6 is 27.7 Å². The zero-order valence-corrected chi connectivity index (χ0v) is 12.7. The first-order valence-electron chi connectivity index (χ1n) is 5.54. The average molecular weight is 306 g/mol. The van der Waals surface area contributed by atoms with E-state index in [1.807, 2.05) is 17.8 Å². The van der Waals surface area contributed by atoms with Crippen molar-refractivity contribution in [2.24, 2.45) is 0 Å². The summed E-state index contributed by atoms with van der Waals surface area (Å²) in [4.78, 5) is 0. The highest BCUT2D eigenvalue weighted by Gasteiger charge is 2.20. The molecule has 0 saturated carbocycles. The molecule has 0 amide bonds. The summed E-state index contributed by atoms with van der Waals surface area (Å²) in [6.45, 7) is 9.77. The van der Waals surface area contributed by atoms with Crippen molar-refractivity contribution < 1.29 is 4.42 Å². The first-order chi connectivity index (χ1) is 7.44. The molecule has 1 unspecified atom stereocenters. The van der Waals surface area contributed by atoms with Gasteiger partial charge in [-0.15, -0.1) is 0 Å². The molecular formula is C12H20BrNOS. The van der Waals surface area contributed by atoms with E-state index in [4.69, 9.17) is 4.42 Å². The summed E-state index contributed by atoms with van der Waals surface area (Å²) in [7, 11) is 0. The molecule has 0 aliphatic rings. The minimum Gasteiger partial charge on any atom is -0.466 e. The Morgan fingerprint density at radius 3 is 2.62 bits per heavy atom. The monoisotopic (exact) mass is 305 g/mol. The minimum atomic E-state index is 0.276. The summed E-state index contributed by atoms with van der Waals surface area (Å²) < 4.78 is 6.85. The van der Waals surface area contributed by atoms with Gasteiger partial charge in [-0.3, -0.25) is 0 Å². The summed E-state index contributed by atoms with van der Waals surface area (Å²) in [5.74, 6) is 2.02. The van der Waals surface area contributed by atoms with Crippen molar-refractivity contribution in [3.63, 3.8) is 0 Å². The van der Waals surface area contributed by atoms with E-state index >= 15 is 0 Å². The Balaban J connectivity index is 2.65. The number of hydrogen-bond acceptors (Lipinski definition) is 3. The molecule has 1 heterocycles. The molecule has 1 atom stereocenters. The quantitative estimate of drug-likeness (QED) is 0.881. The highest BCUT2D eigenvalue weighted by molar-refractivity contribution is 9.10. The van der Waals surface area contributed by atoms with Crippen LogP contribution in [0.25, 0.3) is 0 Å². The summed E-state index contributed by atoms with van der Waals surface area (Å²) in [5, 5.41) is 3.45. The number of nitrogens with one attached hydrogen (secondary N) is 1. The zero-order valence-electron chi connectivity index (χ0n) is 10.3. The third kappa shape index (κ3) is 4.52. The first-order valence-corrected chi connectivity index (χ1v) is 7.32. The van der Waals surface area contributed by atoms with Crippen molar-refractivity contribution in [2.75, 3.05) is 12.3 Å². The zero-order chi connectivity index (χ0) is 12.2. The number of hydrogen-bond donors (Lipinski definition) is 1. The van der Waals surface area contributed by atoms with E-state index in [2.05, 4.69) is 48.9 Å². The van der Waals surface area contributed by atoms with E-state index in [-0.39, 0.29) is 10.8 Å². The summed E-state index contributed by atoms with van der Waals surface area (Å²) >= 11 is 5.46. The third-order valence-electron chi connectivity index (χ3n) is 2.09. The molecule has 0 radical (unpaired) electrons. The number of halogens is 1. The Morgan fingerprint density at radius 2 is 2.19 bits per heavy atom. The first kappa shape index (κ1) is 14.1. The van der Waals surface area contributed by atoms with Crippen molar-refractivity contribution in [2.45, 2.75) is 38.5 Å². The summed E-state index contributed by atoms with van der Waals surface area (Å²) in [5.41, 5.74) is 0. The van der Waals surface area contributed by atoms with Crippen LogP contribution < -0.4 is 5.32 Å². The lowest BCUT2D eigenvalue weighted by Crippen LogP contribution is -2.25. The van der Waals surface area contributed by atoms with Gasteiger partial charge in [-0.25, -0.2) is 0 Å². The highest BCUT2D eigenvalue weighted by atomic mass is 79.9. The molecule has 0 bridgehead atoms. The average Bonchev–Trinajstić information content (AvgIpc) is 2.57. The standard InChI is InChI=1S/C12H20BrNOS/c1-5-14-10(8-16-12(2,3)4)11-9(13)6-7-15-11/h6-7,10,14H,5,8H2,1-4H3. The van der Waals surface area contributed by atoms with Gasteiger partial charge in [-0.2, -0.15) is 11.8 Å². The van der Waals surface area contributed by atoms with Crippen molar-refractivity contribution in [1.82, 2.24) is 5.32 Å². The molecule has 0 aromatic carbocycles. The van der Waals surface area contributed by atoms with Crippen LogP contribution in [0, 0.1) is 0 Å². The Bertz CT molecular complexity index is 319. The second-order valence-corrected chi connectivity index (χ2v) is 7.37. The third-order valence-corrected chi connectivity index (χ3v) is 4.12. The van der Waals surface area contributed by atoms with Crippen molar-refractivity contribution in [1.29, 1.82) is 0 Å². The largest absolute Gasteiger partial charge is 0.466 e. The topological polar surface area (TPSA) is 25.2 Å². The van der Waals surface area contributed by atoms with Gasteiger partial charge in [0, 0.05) is 10.5 Å². The predicted octanol–water partition coefficient (Wildman–Crippen LogP) is 4.22. The van der Waals surface area contributed by atoms with Gasteiger partial charge in [0.25, 0.3) is 0 Å². The van der Waals surface area contributed by atoms with E-state index in [9.17, 15) is 0 Å². The molecule has 0 fully saturated rings. The fourth-order valence-corrected chi connectivity index (χ4v) is 2.77. The van der Waals surface area contributed by atoms with Crippen LogP contribution in [0.1, 0.15) is 39.5 Å². The van der Waals surface area contributed by atoms with E-state index in [1.165, 1.54) is 0 Å². The van der Waals surface area contributed by atoms with Crippen LogP contribution in [0.3, 0.4) is 0 Å². The van der Waals surface area contributed by atoms with E-state index in [1.54, 1.807) is 6.26 Å². The van der Waals surface area contributed by atoms with Crippen LogP contribution in [-0.4, -0.2) is 17.0 Å². The molecule has 0 aliphatic carbocycles. The second kappa shape index (κ2) is 6.12. The number of furan rings is 1. The van der Waals surface area contributed by atoms with Crippen LogP contribution in [0.15, 0.2) is 21.2 Å². The van der Waals surface area contributed by atoms with Gasteiger partial charge >= 0.3 is 0 Å². The SMILES string of the molecule is CCNC(CSC(C)(C)C)c1occc1Br. The molecule has 0 spiro atoms. The Morgan fingerprint density at radius 1 is 1.50 bits per heavy atom.